The number of aromatic nitrogens is 2. The molecule has 0 spiro atoms. The third kappa shape index (κ3) is 2.92. The van der Waals surface area contributed by atoms with Crippen molar-refractivity contribution in [2.24, 2.45) is 5.73 Å². The molecule has 2 N–H and O–H groups in total. The minimum absolute atomic E-state index is 0.185. The van der Waals surface area contributed by atoms with E-state index >= 15 is 0 Å². The standard InChI is InChI=1S/C12H19N3O/c1-8-6-9(2)15-12(14-8)16-11-5-3-4-10(13)7-11/h6,10-11H,3-5,7,13H2,1-2H3. The third-order valence-corrected chi connectivity index (χ3v) is 2.90. The summed E-state index contributed by atoms with van der Waals surface area (Å²) >= 11 is 0. The number of hydrogen-bond donors (Lipinski definition) is 1. The zero-order chi connectivity index (χ0) is 11.5. The van der Waals surface area contributed by atoms with Crippen molar-refractivity contribution < 1.29 is 4.74 Å². The summed E-state index contributed by atoms with van der Waals surface area (Å²) in [6, 6.07) is 2.71. The number of rotatable bonds is 2. The van der Waals surface area contributed by atoms with Crippen LogP contribution in [0.1, 0.15) is 37.1 Å². The van der Waals surface area contributed by atoms with Gasteiger partial charge >= 0.3 is 6.01 Å². The van der Waals surface area contributed by atoms with E-state index in [0.717, 1.165) is 37.1 Å². The first-order valence-electron chi connectivity index (χ1n) is 5.88. The lowest BCUT2D eigenvalue weighted by Gasteiger charge is -2.26. The van der Waals surface area contributed by atoms with Crippen molar-refractivity contribution in [2.75, 3.05) is 0 Å². The van der Waals surface area contributed by atoms with Gasteiger partial charge in [-0.15, -0.1) is 0 Å². The molecule has 16 heavy (non-hydrogen) atoms. The summed E-state index contributed by atoms with van der Waals surface area (Å²) in [6.07, 6.45) is 4.40. The fraction of sp³-hybridized carbons (Fsp3) is 0.667. The van der Waals surface area contributed by atoms with Crippen LogP contribution in [0.25, 0.3) is 0 Å². The van der Waals surface area contributed by atoms with E-state index in [1.807, 2.05) is 19.9 Å². The highest BCUT2D eigenvalue weighted by Crippen LogP contribution is 2.21. The van der Waals surface area contributed by atoms with Crippen molar-refractivity contribution >= 4 is 0 Å². The maximum absolute atomic E-state index is 5.92. The predicted octanol–water partition coefficient (Wildman–Crippen LogP) is 1.74. The second kappa shape index (κ2) is 4.78. The molecule has 0 amide bonds. The summed E-state index contributed by atoms with van der Waals surface area (Å²) in [6.45, 7) is 3.91. The Hall–Kier alpha value is -1.16. The number of aryl methyl sites for hydroxylation is 2. The summed E-state index contributed by atoms with van der Waals surface area (Å²) in [7, 11) is 0. The summed E-state index contributed by atoms with van der Waals surface area (Å²) in [5, 5.41) is 0. The molecule has 4 heteroatoms. The van der Waals surface area contributed by atoms with Gasteiger partial charge in [-0.25, -0.2) is 9.97 Å². The molecule has 1 aromatic rings. The van der Waals surface area contributed by atoms with Gasteiger partial charge in [0.25, 0.3) is 0 Å². The topological polar surface area (TPSA) is 61.0 Å². The first-order chi connectivity index (χ1) is 7.63. The Bertz CT molecular complexity index is 347. The Morgan fingerprint density at radius 3 is 2.56 bits per heavy atom. The Labute approximate surface area is 96.2 Å². The van der Waals surface area contributed by atoms with Gasteiger partial charge in [0.05, 0.1) is 0 Å². The average molecular weight is 221 g/mol. The Morgan fingerprint density at radius 1 is 1.25 bits per heavy atom. The van der Waals surface area contributed by atoms with Gasteiger partial charge in [0.15, 0.2) is 0 Å². The summed E-state index contributed by atoms with van der Waals surface area (Å²) in [5.41, 5.74) is 7.81. The first-order valence-corrected chi connectivity index (χ1v) is 5.88. The summed E-state index contributed by atoms with van der Waals surface area (Å²) < 4.78 is 5.79. The smallest absolute Gasteiger partial charge is 0.317 e. The zero-order valence-corrected chi connectivity index (χ0v) is 9.94. The van der Waals surface area contributed by atoms with Crippen LogP contribution in [0.15, 0.2) is 6.07 Å². The molecule has 1 fully saturated rings. The van der Waals surface area contributed by atoms with E-state index < -0.39 is 0 Å². The van der Waals surface area contributed by atoms with Crippen LogP contribution >= 0.6 is 0 Å². The molecule has 1 aliphatic rings. The van der Waals surface area contributed by atoms with Gasteiger partial charge in [0.1, 0.15) is 6.10 Å². The molecular weight excluding hydrogens is 202 g/mol. The lowest BCUT2D eigenvalue weighted by molar-refractivity contribution is 0.132. The second-order valence-corrected chi connectivity index (χ2v) is 4.60. The fourth-order valence-corrected chi connectivity index (χ4v) is 2.18. The molecular formula is C12H19N3O. The molecule has 0 aromatic carbocycles. The van der Waals surface area contributed by atoms with Crippen molar-refractivity contribution in [3.8, 4) is 6.01 Å². The van der Waals surface area contributed by atoms with Crippen LogP contribution in [0.4, 0.5) is 0 Å². The van der Waals surface area contributed by atoms with Gasteiger partial charge in [0.2, 0.25) is 0 Å². The van der Waals surface area contributed by atoms with Crippen molar-refractivity contribution in [3.05, 3.63) is 17.5 Å². The van der Waals surface area contributed by atoms with E-state index in [-0.39, 0.29) is 12.1 Å². The van der Waals surface area contributed by atoms with E-state index in [1.54, 1.807) is 0 Å². The quantitative estimate of drug-likeness (QED) is 0.826. The van der Waals surface area contributed by atoms with Crippen molar-refractivity contribution in [1.29, 1.82) is 0 Å². The zero-order valence-electron chi connectivity index (χ0n) is 9.94. The number of nitrogens with two attached hydrogens (primary N) is 1. The van der Waals surface area contributed by atoms with Crippen LogP contribution in [0, 0.1) is 13.8 Å². The SMILES string of the molecule is Cc1cc(C)nc(OC2CCCC(N)C2)n1. The molecule has 0 saturated heterocycles. The molecule has 2 rings (SSSR count). The monoisotopic (exact) mass is 221 g/mol. The molecule has 1 heterocycles. The maximum atomic E-state index is 5.92. The van der Waals surface area contributed by atoms with E-state index in [1.165, 1.54) is 0 Å². The number of hydrogen-bond acceptors (Lipinski definition) is 4. The number of ether oxygens (including phenoxy) is 1. The van der Waals surface area contributed by atoms with E-state index in [9.17, 15) is 0 Å². The molecule has 2 atom stereocenters. The summed E-state index contributed by atoms with van der Waals surface area (Å²) in [5.74, 6) is 0. The molecule has 0 radical (unpaired) electrons. The van der Waals surface area contributed by atoms with Crippen LogP contribution in [0.2, 0.25) is 0 Å². The van der Waals surface area contributed by atoms with Gasteiger partial charge in [-0.05, 0) is 45.6 Å². The predicted molar refractivity (Wildman–Crippen MR) is 62.4 cm³/mol. The molecule has 0 bridgehead atoms. The Balaban J connectivity index is 2.02. The van der Waals surface area contributed by atoms with Crippen LogP contribution < -0.4 is 10.5 Å². The molecule has 4 nitrogen and oxygen atoms in total. The second-order valence-electron chi connectivity index (χ2n) is 4.60. The fourth-order valence-electron chi connectivity index (χ4n) is 2.18. The van der Waals surface area contributed by atoms with Crippen molar-refractivity contribution in [2.45, 2.75) is 51.7 Å². The Morgan fingerprint density at radius 2 is 1.94 bits per heavy atom. The molecule has 1 aromatic heterocycles. The summed E-state index contributed by atoms with van der Waals surface area (Å²) in [4.78, 5) is 8.56. The lowest BCUT2D eigenvalue weighted by atomic mass is 9.94. The van der Waals surface area contributed by atoms with Crippen molar-refractivity contribution in [1.82, 2.24) is 9.97 Å². The molecule has 2 unspecified atom stereocenters. The third-order valence-electron chi connectivity index (χ3n) is 2.90. The highest BCUT2D eigenvalue weighted by molar-refractivity contribution is 5.11. The van der Waals surface area contributed by atoms with Gasteiger partial charge in [-0.1, -0.05) is 0 Å². The maximum Gasteiger partial charge on any atom is 0.317 e. The largest absolute Gasteiger partial charge is 0.460 e. The molecule has 88 valence electrons. The van der Waals surface area contributed by atoms with Gasteiger partial charge in [0, 0.05) is 17.4 Å². The molecule has 1 aliphatic carbocycles. The van der Waals surface area contributed by atoms with E-state index in [0.29, 0.717) is 6.01 Å². The highest BCUT2D eigenvalue weighted by Gasteiger charge is 2.21. The van der Waals surface area contributed by atoms with Gasteiger partial charge in [-0.2, -0.15) is 0 Å². The van der Waals surface area contributed by atoms with E-state index in [2.05, 4.69) is 9.97 Å². The van der Waals surface area contributed by atoms with Crippen LogP contribution in [0.5, 0.6) is 6.01 Å². The normalized spacial score (nSPS) is 25.4. The minimum Gasteiger partial charge on any atom is -0.460 e. The minimum atomic E-state index is 0.185. The molecule has 1 saturated carbocycles. The first kappa shape index (κ1) is 11.3. The van der Waals surface area contributed by atoms with Crippen LogP contribution in [-0.4, -0.2) is 22.1 Å². The van der Waals surface area contributed by atoms with Crippen molar-refractivity contribution in [3.63, 3.8) is 0 Å². The highest BCUT2D eigenvalue weighted by atomic mass is 16.5. The molecule has 0 aliphatic heterocycles. The van der Waals surface area contributed by atoms with Crippen LogP contribution in [0.3, 0.4) is 0 Å². The Kier molecular flexibility index (Phi) is 3.39. The van der Waals surface area contributed by atoms with Gasteiger partial charge in [-0.3, -0.25) is 0 Å². The van der Waals surface area contributed by atoms with Gasteiger partial charge < -0.3 is 10.5 Å². The number of nitrogens with zero attached hydrogens (tertiary/aromatic N) is 2. The van der Waals surface area contributed by atoms with Crippen LogP contribution in [-0.2, 0) is 0 Å². The average Bonchev–Trinajstić information content (AvgIpc) is 2.15. The lowest BCUT2D eigenvalue weighted by Crippen LogP contribution is -2.34. The van der Waals surface area contributed by atoms with E-state index in [4.69, 9.17) is 10.5 Å².